The molecular formula is C28H32N4O4. The summed E-state index contributed by atoms with van der Waals surface area (Å²) in [5.74, 6) is 0.563. The molecular weight excluding hydrogens is 456 g/mol. The molecule has 0 bridgehead atoms. The van der Waals surface area contributed by atoms with Gasteiger partial charge in [0, 0.05) is 31.3 Å². The maximum absolute atomic E-state index is 13.1. The van der Waals surface area contributed by atoms with E-state index in [0.29, 0.717) is 24.0 Å². The van der Waals surface area contributed by atoms with Gasteiger partial charge in [-0.3, -0.25) is 14.4 Å². The molecule has 0 unspecified atom stereocenters. The van der Waals surface area contributed by atoms with Gasteiger partial charge in [-0.2, -0.15) is 0 Å². The van der Waals surface area contributed by atoms with Crippen LogP contribution < -0.4 is 20.3 Å². The van der Waals surface area contributed by atoms with Crippen molar-refractivity contribution in [2.24, 2.45) is 0 Å². The number of nitrogens with one attached hydrogen (secondary N) is 2. The van der Waals surface area contributed by atoms with Crippen LogP contribution in [0, 0.1) is 0 Å². The molecule has 36 heavy (non-hydrogen) atoms. The molecule has 3 amide bonds. The van der Waals surface area contributed by atoms with Crippen LogP contribution in [0.1, 0.15) is 43.7 Å². The number of carbonyl (C=O) groups excluding carboxylic acids is 3. The number of hydrogen-bond donors (Lipinski definition) is 2. The monoisotopic (exact) mass is 488 g/mol. The van der Waals surface area contributed by atoms with Crippen LogP contribution in [-0.2, 0) is 20.9 Å². The third-order valence-electron chi connectivity index (χ3n) is 5.62. The van der Waals surface area contributed by atoms with E-state index in [1.54, 1.807) is 31.5 Å². The van der Waals surface area contributed by atoms with Crippen LogP contribution in [0.5, 0.6) is 5.75 Å². The SMILES string of the molecule is COc1ccc(CNC(=O)CN(C(=O)CCC(=O)Nc2ccccn2)c2ccc(C(C)C)cc2)cc1. The van der Waals surface area contributed by atoms with Gasteiger partial charge in [0.25, 0.3) is 0 Å². The van der Waals surface area contributed by atoms with E-state index in [-0.39, 0.29) is 37.1 Å². The fraction of sp³-hybridized carbons (Fsp3) is 0.286. The Morgan fingerprint density at radius 2 is 1.64 bits per heavy atom. The summed E-state index contributed by atoms with van der Waals surface area (Å²) in [6, 6.07) is 20.1. The Morgan fingerprint density at radius 1 is 0.917 bits per heavy atom. The minimum Gasteiger partial charge on any atom is -0.497 e. The number of amides is 3. The Morgan fingerprint density at radius 3 is 2.25 bits per heavy atom. The summed E-state index contributed by atoms with van der Waals surface area (Å²) in [5.41, 5.74) is 2.65. The van der Waals surface area contributed by atoms with Crippen molar-refractivity contribution in [3.63, 3.8) is 0 Å². The van der Waals surface area contributed by atoms with E-state index < -0.39 is 0 Å². The standard InChI is InChI=1S/C28H32N4O4/c1-20(2)22-9-11-23(12-10-22)32(19-27(34)30-18-21-7-13-24(36-3)14-8-21)28(35)16-15-26(33)31-25-6-4-5-17-29-25/h4-14,17,20H,15-16,18-19H2,1-3H3,(H,30,34)(H,29,31,33). The molecule has 3 aromatic rings. The summed E-state index contributed by atoms with van der Waals surface area (Å²) in [6.45, 7) is 4.34. The zero-order valence-corrected chi connectivity index (χ0v) is 20.9. The predicted octanol–water partition coefficient (Wildman–Crippen LogP) is 4.28. The van der Waals surface area contributed by atoms with E-state index in [0.717, 1.165) is 16.9 Å². The largest absolute Gasteiger partial charge is 0.497 e. The van der Waals surface area contributed by atoms with E-state index in [1.807, 2.05) is 48.5 Å². The quantitative estimate of drug-likeness (QED) is 0.420. The zero-order chi connectivity index (χ0) is 25.9. The number of carbonyl (C=O) groups is 3. The number of benzene rings is 2. The molecule has 2 aromatic carbocycles. The van der Waals surface area contributed by atoms with Crippen LogP contribution >= 0.6 is 0 Å². The highest BCUT2D eigenvalue weighted by molar-refractivity contribution is 6.01. The Labute approximate surface area is 211 Å². The third kappa shape index (κ3) is 7.94. The van der Waals surface area contributed by atoms with Gasteiger partial charge < -0.3 is 20.3 Å². The van der Waals surface area contributed by atoms with Crippen molar-refractivity contribution >= 4 is 29.2 Å². The fourth-order valence-corrected chi connectivity index (χ4v) is 3.50. The molecule has 8 heteroatoms. The first-order chi connectivity index (χ1) is 17.4. The average Bonchev–Trinajstić information content (AvgIpc) is 2.90. The maximum Gasteiger partial charge on any atom is 0.240 e. The molecule has 0 radical (unpaired) electrons. The highest BCUT2D eigenvalue weighted by Crippen LogP contribution is 2.21. The molecule has 0 saturated carbocycles. The molecule has 188 valence electrons. The predicted molar refractivity (Wildman–Crippen MR) is 140 cm³/mol. The molecule has 1 heterocycles. The first-order valence-corrected chi connectivity index (χ1v) is 11.9. The lowest BCUT2D eigenvalue weighted by Crippen LogP contribution is -2.41. The van der Waals surface area contributed by atoms with Crippen LogP contribution in [0.15, 0.2) is 72.9 Å². The minimum absolute atomic E-state index is 0.0244. The van der Waals surface area contributed by atoms with Crippen molar-refractivity contribution in [1.82, 2.24) is 10.3 Å². The minimum atomic E-state index is -0.318. The molecule has 0 aliphatic carbocycles. The van der Waals surface area contributed by atoms with Crippen molar-refractivity contribution in [2.45, 2.75) is 39.2 Å². The van der Waals surface area contributed by atoms with Crippen molar-refractivity contribution in [3.05, 3.63) is 84.1 Å². The van der Waals surface area contributed by atoms with E-state index in [2.05, 4.69) is 29.5 Å². The first kappa shape index (κ1) is 26.4. The summed E-state index contributed by atoms with van der Waals surface area (Å²) < 4.78 is 5.16. The van der Waals surface area contributed by atoms with Gasteiger partial charge in [-0.15, -0.1) is 0 Å². The smallest absolute Gasteiger partial charge is 0.240 e. The number of aromatic nitrogens is 1. The second-order valence-corrected chi connectivity index (χ2v) is 8.61. The van der Waals surface area contributed by atoms with Crippen LogP contribution in [0.3, 0.4) is 0 Å². The van der Waals surface area contributed by atoms with Crippen LogP contribution in [-0.4, -0.2) is 36.4 Å². The maximum atomic E-state index is 13.1. The fourth-order valence-electron chi connectivity index (χ4n) is 3.50. The van der Waals surface area contributed by atoms with Gasteiger partial charge in [0.05, 0.1) is 7.11 Å². The van der Waals surface area contributed by atoms with Gasteiger partial charge in [-0.25, -0.2) is 4.98 Å². The lowest BCUT2D eigenvalue weighted by molar-refractivity contribution is -0.125. The number of anilines is 2. The highest BCUT2D eigenvalue weighted by atomic mass is 16.5. The van der Waals surface area contributed by atoms with Crippen LogP contribution in [0.25, 0.3) is 0 Å². The summed E-state index contributed by atoms with van der Waals surface area (Å²) in [5, 5.41) is 5.53. The van der Waals surface area contributed by atoms with Crippen molar-refractivity contribution in [3.8, 4) is 5.75 Å². The van der Waals surface area contributed by atoms with Crippen LogP contribution in [0.2, 0.25) is 0 Å². The number of ether oxygens (including phenoxy) is 1. The number of pyridine rings is 1. The Hall–Kier alpha value is -4.20. The Bertz CT molecular complexity index is 1150. The molecule has 8 nitrogen and oxygen atoms in total. The van der Waals surface area contributed by atoms with E-state index in [4.69, 9.17) is 4.74 Å². The van der Waals surface area contributed by atoms with Gasteiger partial charge >= 0.3 is 0 Å². The van der Waals surface area contributed by atoms with Crippen LogP contribution in [0.4, 0.5) is 11.5 Å². The van der Waals surface area contributed by atoms with Gasteiger partial charge in [0.2, 0.25) is 17.7 Å². The Balaban J connectivity index is 1.64. The van der Waals surface area contributed by atoms with Gasteiger partial charge in [-0.1, -0.05) is 44.2 Å². The first-order valence-electron chi connectivity index (χ1n) is 11.9. The number of methoxy groups -OCH3 is 1. The van der Waals surface area contributed by atoms with E-state index in [9.17, 15) is 14.4 Å². The third-order valence-corrected chi connectivity index (χ3v) is 5.62. The number of hydrogen-bond acceptors (Lipinski definition) is 5. The second kappa shape index (κ2) is 13.0. The molecule has 0 saturated heterocycles. The lowest BCUT2D eigenvalue weighted by atomic mass is 10.0. The lowest BCUT2D eigenvalue weighted by Gasteiger charge is -2.23. The number of rotatable bonds is 11. The van der Waals surface area contributed by atoms with E-state index in [1.165, 1.54) is 4.90 Å². The van der Waals surface area contributed by atoms with Gasteiger partial charge in [-0.05, 0) is 53.4 Å². The summed E-state index contributed by atoms with van der Waals surface area (Å²) >= 11 is 0. The highest BCUT2D eigenvalue weighted by Gasteiger charge is 2.20. The second-order valence-electron chi connectivity index (χ2n) is 8.61. The molecule has 1 aromatic heterocycles. The topological polar surface area (TPSA) is 101 Å². The number of nitrogens with zero attached hydrogens (tertiary/aromatic N) is 2. The molecule has 0 fully saturated rings. The van der Waals surface area contributed by atoms with E-state index >= 15 is 0 Å². The Kier molecular flexibility index (Phi) is 9.56. The normalized spacial score (nSPS) is 10.6. The van der Waals surface area contributed by atoms with Crippen molar-refractivity contribution in [1.29, 1.82) is 0 Å². The van der Waals surface area contributed by atoms with Gasteiger partial charge in [0.15, 0.2) is 0 Å². The summed E-state index contributed by atoms with van der Waals surface area (Å²) in [6.07, 6.45) is 1.51. The van der Waals surface area contributed by atoms with Crippen molar-refractivity contribution in [2.75, 3.05) is 23.9 Å². The molecule has 2 N–H and O–H groups in total. The molecule has 3 rings (SSSR count). The molecule has 0 aliphatic rings. The molecule has 0 spiro atoms. The van der Waals surface area contributed by atoms with Gasteiger partial charge in [0.1, 0.15) is 18.1 Å². The molecule has 0 atom stereocenters. The van der Waals surface area contributed by atoms with Crippen molar-refractivity contribution < 1.29 is 19.1 Å². The summed E-state index contributed by atoms with van der Waals surface area (Å²) in [4.78, 5) is 43.7. The average molecular weight is 489 g/mol. The molecule has 0 aliphatic heterocycles. The zero-order valence-electron chi connectivity index (χ0n) is 20.9. The summed E-state index contributed by atoms with van der Waals surface area (Å²) in [7, 11) is 1.60.